The minimum atomic E-state index is -5.03. The Morgan fingerprint density at radius 3 is 1.96 bits per heavy atom. The lowest BCUT2D eigenvalue weighted by Gasteiger charge is -2.14. The van der Waals surface area contributed by atoms with E-state index >= 15 is 0 Å². The standard InChI is InChI=1S/C14H11F3O5S/c1-20-10-6-2-3-7-11(10)22-23(18,19)13-9-5-4-8-12(13)21-14(15,16)17/h2-9H,1H3. The summed E-state index contributed by atoms with van der Waals surface area (Å²) < 4.78 is 75.2. The highest BCUT2D eigenvalue weighted by Gasteiger charge is 2.34. The van der Waals surface area contributed by atoms with Gasteiger partial charge in [-0.05, 0) is 24.3 Å². The van der Waals surface area contributed by atoms with E-state index in [9.17, 15) is 21.6 Å². The van der Waals surface area contributed by atoms with E-state index in [1.165, 1.54) is 37.4 Å². The van der Waals surface area contributed by atoms with Crippen molar-refractivity contribution in [3.8, 4) is 17.2 Å². The summed E-state index contributed by atoms with van der Waals surface area (Å²) in [4.78, 5) is -0.747. The molecule has 0 aliphatic carbocycles. The van der Waals surface area contributed by atoms with Crippen LogP contribution in [0.4, 0.5) is 13.2 Å². The predicted molar refractivity (Wildman–Crippen MR) is 73.9 cm³/mol. The Bertz CT molecular complexity index is 787. The third-order valence-corrected chi connectivity index (χ3v) is 3.89. The van der Waals surface area contributed by atoms with Gasteiger partial charge in [-0.3, -0.25) is 0 Å². The molecule has 0 fully saturated rings. The summed E-state index contributed by atoms with van der Waals surface area (Å²) in [6, 6.07) is 10.1. The van der Waals surface area contributed by atoms with Gasteiger partial charge in [-0.2, -0.15) is 8.42 Å². The van der Waals surface area contributed by atoms with Crippen molar-refractivity contribution in [2.75, 3.05) is 7.11 Å². The van der Waals surface area contributed by atoms with Crippen LogP contribution in [0.2, 0.25) is 0 Å². The second-order valence-electron chi connectivity index (χ2n) is 4.18. The van der Waals surface area contributed by atoms with Crippen molar-refractivity contribution in [1.82, 2.24) is 0 Å². The molecule has 0 spiro atoms. The SMILES string of the molecule is COc1ccccc1OS(=O)(=O)c1ccccc1OC(F)(F)F. The molecule has 23 heavy (non-hydrogen) atoms. The molecule has 0 radical (unpaired) electrons. The molecule has 124 valence electrons. The fourth-order valence-corrected chi connectivity index (χ4v) is 2.78. The van der Waals surface area contributed by atoms with Crippen molar-refractivity contribution in [2.24, 2.45) is 0 Å². The summed E-state index contributed by atoms with van der Waals surface area (Å²) in [5.41, 5.74) is 0. The summed E-state index contributed by atoms with van der Waals surface area (Å²) in [6.45, 7) is 0. The number of hydrogen-bond donors (Lipinski definition) is 0. The highest BCUT2D eigenvalue weighted by atomic mass is 32.2. The lowest BCUT2D eigenvalue weighted by atomic mass is 10.3. The van der Waals surface area contributed by atoms with Gasteiger partial charge in [0.05, 0.1) is 7.11 Å². The molecule has 0 N–H and O–H groups in total. The van der Waals surface area contributed by atoms with Crippen LogP contribution in [0.15, 0.2) is 53.4 Å². The van der Waals surface area contributed by atoms with E-state index in [1.54, 1.807) is 6.07 Å². The second kappa shape index (κ2) is 6.37. The molecule has 0 aliphatic rings. The zero-order valence-electron chi connectivity index (χ0n) is 11.7. The normalized spacial score (nSPS) is 11.8. The fourth-order valence-electron chi connectivity index (χ4n) is 1.72. The van der Waals surface area contributed by atoms with Gasteiger partial charge < -0.3 is 13.7 Å². The van der Waals surface area contributed by atoms with Gasteiger partial charge in [-0.15, -0.1) is 13.2 Å². The van der Waals surface area contributed by atoms with E-state index in [0.717, 1.165) is 12.1 Å². The van der Waals surface area contributed by atoms with Crippen LogP contribution >= 0.6 is 0 Å². The van der Waals surface area contributed by atoms with Crippen molar-refractivity contribution in [3.63, 3.8) is 0 Å². The number of hydrogen-bond acceptors (Lipinski definition) is 5. The van der Waals surface area contributed by atoms with Crippen LogP contribution in [-0.4, -0.2) is 21.9 Å². The number of alkyl halides is 3. The van der Waals surface area contributed by atoms with E-state index in [-0.39, 0.29) is 11.5 Å². The monoisotopic (exact) mass is 348 g/mol. The Balaban J connectivity index is 2.41. The molecule has 2 rings (SSSR count). The average Bonchev–Trinajstić information content (AvgIpc) is 2.46. The maximum Gasteiger partial charge on any atom is 0.573 e. The highest BCUT2D eigenvalue weighted by Crippen LogP contribution is 2.33. The molecule has 5 nitrogen and oxygen atoms in total. The highest BCUT2D eigenvalue weighted by molar-refractivity contribution is 7.87. The number of ether oxygens (including phenoxy) is 2. The molecular formula is C14H11F3O5S. The Hall–Kier alpha value is -2.42. The first-order valence-corrected chi connectivity index (χ1v) is 7.56. The molecule has 0 atom stereocenters. The van der Waals surface area contributed by atoms with Crippen molar-refractivity contribution in [1.29, 1.82) is 0 Å². The molecule has 0 heterocycles. The van der Waals surface area contributed by atoms with Crippen LogP contribution in [0.3, 0.4) is 0 Å². The molecule has 0 aromatic heterocycles. The number of benzene rings is 2. The van der Waals surface area contributed by atoms with Gasteiger partial charge >= 0.3 is 16.5 Å². The van der Waals surface area contributed by atoms with Crippen LogP contribution in [0, 0.1) is 0 Å². The van der Waals surface area contributed by atoms with E-state index < -0.39 is 27.1 Å². The van der Waals surface area contributed by atoms with E-state index in [4.69, 9.17) is 8.92 Å². The minimum absolute atomic E-state index is 0.116. The van der Waals surface area contributed by atoms with Gasteiger partial charge in [0.25, 0.3) is 0 Å². The first-order chi connectivity index (χ1) is 10.7. The first-order valence-electron chi connectivity index (χ1n) is 6.15. The van der Waals surface area contributed by atoms with Crippen LogP contribution in [0.5, 0.6) is 17.2 Å². The number of rotatable bonds is 5. The van der Waals surface area contributed by atoms with Crippen molar-refractivity contribution in [2.45, 2.75) is 11.3 Å². The zero-order valence-corrected chi connectivity index (χ0v) is 12.5. The number of halogens is 3. The van der Waals surface area contributed by atoms with Crippen LogP contribution < -0.4 is 13.7 Å². The maximum absolute atomic E-state index is 12.4. The molecule has 0 saturated heterocycles. The van der Waals surface area contributed by atoms with Gasteiger partial charge in [0.15, 0.2) is 17.2 Å². The van der Waals surface area contributed by atoms with Crippen molar-refractivity contribution >= 4 is 10.1 Å². The van der Waals surface area contributed by atoms with Crippen LogP contribution in [0.1, 0.15) is 0 Å². The third kappa shape index (κ3) is 4.28. The average molecular weight is 348 g/mol. The topological polar surface area (TPSA) is 61.8 Å². The lowest BCUT2D eigenvalue weighted by Crippen LogP contribution is -2.20. The van der Waals surface area contributed by atoms with E-state index in [1.807, 2.05) is 0 Å². The number of para-hydroxylation sites is 3. The van der Waals surface area contributed by atoms with Crippen molar-refractivity contribution < 1.29 is 35.2 Å². The molecule has 9 heteroatoms. The fraction of sp³-hybridized carbons (Fsp3) is 0.143. The van der Waals surface area contributed by atoms with Crippen LogP contribution in [-0.2, 0) is 10.1 Å². The molecule has 0 unspecified atom stereocenters. The van der Waals surface area contributed by atoms with Gasteiger partial charge in [0.2, 0.25) is 0 Å². The summed E-state index contributed by atoms with van der Waals surface area (Å²) in [5.74, 6) is -0.919. The minimum Gasteiger partial charge on any atom is -0.493 e. The van der Waals surface area contributed by atoms with Gasteiger partial charge in [-0.1, -0.05) is 24.3 Å². The Morgan fingerprint density at radius 2 is 1.39 bits per heavy atom. The largest absolute Gasteiger partial charge is 0.573 e. The molecule has 2 aromatic carbocycles. The Morgan fingerprint density at radius 1 is 0.870 bits per heavy atom. The summed E-state index contributed by atoms with van der Waals surface area (Å²) >= 11 is 0. The Kier molecular flexibility index (Phi) is 4.69. The molecule has 0 bridgehead atoms. The van der Waals surface area contributed by atoms with E-state index in [0.29, 0.717) is 0 Å². The summed E-state index contributed by atoms with van der Waals surface area (Å²) in [6.07, 6.45) is -5.03. The smallest absolute Gasteiger partial charge is 0.493 e. The second-order valence-corrected chi connectivity index (χ2v) is 5.70. The molecule has 0 saturated carbocycles. The van der Waals surface area contributed by atoms with Crippen LogP contribution in [0.25, 0.3) is 0 Å². The predicted octanol–water partition coefficient (Wildman–Crippen LogP) is 3.36. The van der Waals surface area contributed by atoms with Crippen molar-refractivity contribution in [3.05, 3.63) is 48.5 Å². The van der Waals surface area contributed by atoms with Gasteiger partial charge in [0, 0.05) is 0 Å². The Labute approximate surface area is 130 Å². The van der Waals surface area contributed by atoms with E-state index in [2.05, 4.69) is 4.74 Å². The lowest BCUT2D eigenvalue weighted by molar-refractivity contribution is -0.275. The molecule has 0 aliphatic heterocycles. The quantitative estimate of drug-likeness (QED) is 0.776. The maximum atomic E-state index is 12.4. The van der Waals surface area contributed by atoms with Gasteiger partial charge in [0.1, 0.15) is 4.90 Å². The zero-order chi connectivity index (χ0) is 17.1. The first kappa shape index (κ1) is 16.9. The molecule has 0 amide bonds. The summed E-state index contributed by atoms with van der Waals surface area (Å²) in [5, 5.41) is 0. The molecule has 2 aromatic rings. The third-order valence-electron chi connectivity index (χ3n) is 2.61. The number of methoxy groups -OCH3 is 1. The van der Waals surface area contributed by atoms with Gasteiger partial charge in [-0.25, -0.2) is 0 Å². The summed E-state index contributed by atoms with van der Waals surface area (Å²) in [7, 11) is -3.25. The molecular weight excluding hydrogens is 337 g/mol.